The van der Waals surface area contributed by atoms with E-state index in [9.17, 15) is 13.8 Å². The minimum absolute atomic E-state index is 0.0164. The van der Waals surface area contributed by atoms with Crippen molar-refractivity contribution in [3.63, 3.8) is 0 Å². The fourth-order valence-corrected chi connectivity index (χ4v) is 4.90. The van der Waals surface area contributed by atoms with Gasteiger partial charge in [0.25, 0.3) is 0 Å². The van der Waals surface area contributed by atoms with Crippen molar-refractivity contribution in [2.45, 2.75) is 63.8 Å². The number of carbonyl (C=O) groups is 2. The highest BCUT2D eigenvalue weighted by Gasteiger charge is 2.40. The minimum Gasteiger partial charge on any atom is -0.481 e. The van der Waals surface area contributed by atoms with Crippen molar-refractivity contribution in [2.75, 3.05) is 5.75 Å². The Morgan fingerprint density at radius 2 is 1.93 bits per heavy atom. The van der Waals surface area contributed by atoms with Crippen LogP contribution in [0.4, 0.5) is 0 Å². The van der Waals surface area contributed by atoms with Gasteiger partial charge in [-0.2, -0.15) is 0 Å². The van der Waals surface area contributed by atoms with Crippen LogP contribution in [-0.2, 0) is 20.4 Å². The van der Waals surface area contributed by atoms with E-state index < -0.39 is 22.7 Å². The van der Waals surface area contributed by atoms with Crippen molar-refractivity contribution in [3.05, 3.63) is 34.9 Å². The topological polar surface area (TPSA) is 74.7 Å². The average Bonchev–Trinajstić information content (AvgIpc) is 2.61. The molecule has 0 radical (unpaired) electrons. The van der Waals surface area contributed by atoms with Crippen molar-refractivity contribution >= 4 is 34.3 Å². The summed E-state index contributed by atoms with van der Waals surface area (Å²) in [7, 11) is -1.05. The van der Waals surface area contributed by atoms with Crippen LogP contribution >= 0.6 is 11.6 Å². The van der Waals surface area contributed by atoms with Crippen LogP contribution in [0, 0.1) is 5.92 Å². The van der Waals surface area contributed by atoms with Crippen LogP contribution in [0.25, 0.3) is 0 Å². The van der Waals surface area contributed by atoms with Gasteiger partial charge < -0.3 is 10.0 Å². The summed E-state index contributed by atoms with van der Waals surface area (Å²) in [5, 5.41) is 9.81. The lowest BCUT2D eigenvalue weighted by atomic mass is 9.85. The first-order valence-corrected chi connectivity index (χ1v) is 11.2. The van der Waals surface area contributed by atoms with Gasteiger partial charge in [0.05, 0.1) is 12.5 Å². The molecule has 0 spiro atoms. The van der Waals surface area contributed by atoms with Gasteiger partial charge in [0.2, 0.25) is 5.91 Å². The highest BCUT2D eigenvalue weighted by atomic mass is 35.5. The molecule has 1 aliphatic rings. The Kier molecular flexibility index (Phi) is 7.86. The highest BCUT2D eigenvalue weighted by molar-refractivity contribution is 7.85. The van der Waals surface area contributed by atoms with Gasteiger partial charge in [-0.1, -0.05) is 44.5 Å². The molecule has 1 aromatic rings. The second kappa shape index (κ2) is 9.69. The molecule has 1 N–H and O–H groups in total. The Hall–Kier alpha value is -1.40. The third-order valence-corrected chi connectivity index (χ3v) is 7.17. The summed E-state index contributed by atoms with van der Waals surface area (Å²) in [6.45, 7) is 5.80. The van der Waals surface area contributed by atoms with Crippen LogP contribution in [0.15, 0.2) is 24.3 Å². The largest absolute Gasteiger partial charge is 0.481 e. The van der Waals surface area contributed by atoms with Crippen molar-refractivity contribution < 1.29 is 18.9 Å². The number of likely N-dealkylation sites (tertiary alicyclic amines) is 1. The number of nitrogens with zero attached hydrogens (tertiary/aromatic N) is 1. The number of hydrogen-bond donors (Lipinski definition) is 1. The molecular formula is C20H28ClNO4S. The molecule has 1 saturated heterocycles. The van der Waals surface area contributed by atoms with Crippen LogP contribution in [0.2, 0.25) is 5.02 Å². The van der Waals surface area contributed by atoms with Gasteiger partial charge in [-0.05, 0) is 37.0 Å². The molecule has 0 aromatic heterocycles. The zero-order valence-electron chi connectivity index (χ0n) is 16.1. The smallest absolute Gasteiger partial charge is 0.304 e. The maximum atomic E-state index is 13.2. The van der Waals surface area contributed by atoms with Crippen LogP contribution in [-0.4, -0.2) is 43.1 Å². The molecule has 1 heterocycles. The lowest BCUT2D eigenvalue weighted by Crippen LogP contribution is -2.51. The molecule has 4 unspecified atom stereocenters. The van der Waals surface area contributed by atoms with Gasteiger partial charge in [0.15, 0.2) is 0 Å². The number of hydrogen-bond acceptors (Lipinski definition) is 3. The van der Waals surface area contributed by atoms with E-state index in [4.69, 9.17) is 16.7 Å². The van der Waals surface area contributed by atoms with Crippen molar-refractivity contribution in [3.8, 4) is 0 Å². The third-order valence-electron chi connectivity index (χ3n) is 5.15. The molecule has 0 aliphatic carbocycles. The van der Waals surface area contributed by atoms with Gasteiger partial charge in [0.1, 0.15) is 0 Å². The zero-order chi connectivity index (χ0) is 20.1. The summed E-state index contributed by atoms with van der Waals surface area (Å²) in [6.07, 6.45) is 1.75. The quantitative estimate of drug-likeness (QED) is 0.698. The zero-order valence-corrected chi connectivity index (χ0v) is 17.6. The molecule has 4 atom stereocenters. The SMILES string of the molecule is CCC(CS(=O)C(C)C)N1C(=O)C(CC(=O)O)CCC1c1ccc(Cl)cc1. The van der Waals surface area contributed by atoms with E-state index in [1.807, 2.05) is 32.9 Å². The normalized spacial score (nSPS) is 22.7. The second-order valence-corrected chi connectivity index (χ2v) is 9.82. The Morgan fingerprint density at radius 3 is 2.44 bits per heavy atom. The standard InChI is InChI=1S/C20H28ClNO4S/c1-4-17(12-27(26)13(2)3)22-18(14-5-8-16(21)9-6-14)10-7-15(20(22)25)11-19(23)24/h5-6,8-9,13,15,17-18H,4,7,10-12H2,1-3H3,(H,23,24). The van der Waals surface area contributed by atoms with Crippen molar-refractivity contribution in [1.29, 1.82) is 0 Å². The molecular weight excluding hydrogens is 386 g/mol. The number of halogens is 1. The summed E-state index contributed by atoms with van der Waals surface area (Å²) >= 11 is 6.00. The summed E-state index contributed by atoms with van der Waals surface area (Å²) in [5.41, 5.74) is 0.982. The lowest BCUT2D eigenvalue weighted by Gasteiger charge is -2.44. The number of carboxylic acid groups (broad SMARTS) is 1. The molecule has 1 amide bonds. The first kappa shape index (κ1) is 21.9. The fourth-order valence-electron chi connectivity index (χ4n) is 3.61. The molecule has 1 aliphatic heterocycles. The van der Waals surface area contributed by atoms with E-state index in [0.717, 1.165) is 5.56 Å². The number of piperidine rings is 1. The molecule has 0 saturated carbocycles. The second-order valence-electron chi connectivity index (χ2n) is 7.34. The highest BCUT2D eigenvalue weighted by Crippen LogP contribution is 2.38. The van der Waals surface area contributed by atoms with E-state index in [2.05, 4.69) is 0 Å². The molecule has 7 heteroatoms. The first-order valence-electron chi connectivity index (χ1n) is 9.41. The minimum atomic E-state index is -1.05. The monoisotopic (exact) mass is 413 g/mol. The number of carboxylic acids is 1. The average molecular weight is 414 g/mol. The molecule has 150 valence electrons. The molecule has 5 nitrogen and oxygen atoms in total. The van der Waals surface area contributed by atoms with Gasteiger partial charge in [-0.15, -0.1) is 0 Å². The van der Waals surface area contributed by atoms with Crippen molar-refractivity contribution in [1.82, 2.24) is 4.90 Å². The van der Waals surface area contributed by atoms with E-state index in [1.54, 1.807) is 17.0 Å². The van der Waals surface area contributed by atoms with Gasteiger partial charge in [-0.3, -0.25) is 13.8 Å². The Labute approximate surface area is 168 Å². The van der Waals surface area contributed by atoms with E-state index in [1.165, 1.54) is 0 Å². The summed E-state index contributed by atoms with van der Waals surface area (Å²) < 4.78 is 12.5. The Morgan fingerprint density at radius 1 is 1.30 bits per heavy atom. The third kappa shape index (κ3) is 5.55. The van der Waals surface area contributed by atoms with Crippen LogP contribution in [0.1, 0.15) is 58.1 Å². The number of carbonyl (C=O) groups excluding carboxylic acids is 1. The van der Waals surface area contributed by atoms with E-state index in [-0.39, 0.29) is 29.7 Å². The summed E-state index contributed by atoms with van der Waals surface area (Å²) in [5.74, 6) is -1.22. The van der Waals surface area contributed by atoms with Gasteiger partial charge >= 0.3 is 5.97 Å². The Balaban J connectivity index is 2.36. The molecule has 1 aromatic carbocycles. The Bertz CT molecular complexity index is 692. The molecule has 0 bridgehead atoms. The van der Waals surface area contributed by atoms with Crippen molar-refractivity contribution in [2.24, 2.45) is 5.92 Å². The predicted octanol–water partition coefficient (Wildman–Crippen LogP) is 4.03. The first-order chi connectivity index (χ1) is 12.7. The lowest BCUT2D eigenvalue weighted by molar-refractivity contribution is -0.150. The molecule has 27 heavy (non-hydrogen) atoms. The number of aliphatic carboxylic acids is 1. The van der Waals surface area contributed by atoms with Crippen LogP contribution in [0.5, 0.6) is 0 Å². The van der Waals surface area contributed by atoms with Gasteiger partial charge in [-0.25, -0.2) is 0 Å². The summed E-state index contributed by atoms with van der Waals surface area (Å²) in [4.78, 5) is 26.2. The number of benzene rings is 1. The van der Waals surface area contributed by atoms with Gasteiger partial charge in [0, 0.05) is 38.8 Å². The fraction of sp³-hybridized carbons (Fsp3) is 0.600. The maximum Gasteiger partial charge on any atom is 0.304 e. The molecule has 1 fully saturated rings. The number of amides is 1. The van der Waals surface area contributed by atoms with E-state index in [0.29, 0.717) is 30.0 Å². The number of rotatable bonds is 8. The van der Waals surface area contributed by atoms with Crippen LogP contribution in [0.3, 0.4) is 0 Å². The molecule has 2 rings (SSSR count). The van der Waals surface area contributed by atoms with E-state index >= 15 is 0 Å². The summed E-state index contributed by atoms with van der Waals surface area (Å²) in [6, 6.07) is 7.10. The predicted molar refractivity (Wildman–Crippen MR) is 108 cm³/mol. The van der Waals surface area contributed by atoms with Crippen LogP contribution < -0.4 is 0 Å². The maximum absolute atomic E-state index is 13.2.